The Kier molecular flexibility index (Phi) is 5.62. The highest BCUT2D eigenvalue weighted by Gasteiger charge is 2.29. The molecule has 0 fully saturated rings. The maximum absolute atomic E-state index is 12.4. The van der Waals surface area contributed by atoms with Crippen LogP contribution < -0.4 is 14.8 Å². The van der Waals surface area contributed by atoms with E-state index in [1.165, 1.54) is 31.5 Å². The van der Waals surface area contributed by atoms with Gasteiger partial charge in [-0.15, -0.1) is 0 Å². The molecule has 1 amide bonds. The number of methoxy groups -OCH3 is 1. The lowest BCUT2D eigenvalue weighted by atomic mass is 10.1. The number of aromatic nitrogens is 1. The maximum Gasteiger partial charge on any atom is 0.422 e. The van der Waals surface area contributed by atoms with Gasteiger partial charge in [0.05, 0.1) is 19.2 Å². The van der Waals surface area contributed by atoms with Crippen LogP contribution in [0.25, 0.3) is 0 Å². The van der Waals surface area contributed by atoms with E-state index in [-0.39, 0.29) is 18.0 Å². The van der Waals surface area contributed by atoms with E-state index < -0.39 is 18.7 Å². The molecule has 0 aliphatic carbocycles. The highest BCUT2D eigenvalue weighted by molar-refractivity contribution is 5.92. The molecule has 1 heterocycles. The normalized spacial score (nSPS) is 11.0. The van der Waals surface area contributed by atoms with Gasteiger partial charge in [-0.2, -0.15) is 13.2 Å². The molecule has 0 aliphatic rings. The summed E-state index contributed by atoms with van der Waals surface area (Å²) in [5.74, 6) is -0.146. The van der Waals surface area contributed by atoms with E-state index in [1.807, 2.05) is 0 Å². The van der Waals surface area contributed by atoms with Crippen LogP contribution in [-0.2, 0) is 6.54 Å². The zero-order valence-electron chi connectivity index (χ0n) is 12.8. The van der Waals surface area contributed by atoms with Crippen LogP contribution in [0.3, 0.4) is 0 Å². The third-order valence-electron chi connectivity index (χ3n) is 3.02. The number of carbonyl (C=O) groups excluding carboxylic acids is 1. The van der Waals surface area contributed by atoms with Crippen LogP contribution in [0, 0.1) is 0 Å². The van der Waals surface area contributed by atoms with Gasteiger partial charge in [-0.05, 0) is 24.3 Å². The number of carbonyl (C=O) groups is 1. The minimum atomic E-state index is -4.46. The zero-order chi connectivity index (χ0) is 17.6. The van der Waals surface area contributed by atoms with E-state index in [9.17, 15) is 18.0 Å². The van der Waals surface area contributed by atoms with Gasteiger partial charge < -0.3 is 14.8 Å². The van der Waals surface area contributed by atoms with Crippen molar-refractivity contribution in [2.75, 3.05) is 13.7 Å². The molecule has 0 atom stereocenters. The Balaban J connectivity index is 2.14. The second-order valence-corrected chi connectivity index (χ2v) is 4.74. The first-order valence-electron chi connectivity index (χ1n) is 6.95. The molecule has 1 aromatic carbocycles. The summed E-state index contributed by atoms with van der Waals surface area (Å²) in [7, 11) is 1.38. The van der Waals surface area contributed by atoms with Gasteiger partial charge in [0.2, 0.25) is 0 Å². The van der Waals surface area contributed by atoms with E-state index in [1.54, 1.807) is 18.2 Å². The Morgan fingerprint density at radius 3 is 2.54 bits per heavy atom. The predicted octanol–water partition coefficient (Wildman–Crippen LogP) is 2.96. The number of ether oxygens (including phenoxy) is 2. The van der Waals surface area contributed by atoms with E-state index in [0.717, 1.165) is 0 Å². The number of rotatable bonds is 6. The molecule has 2 aromatic rings. The van der Waals surface area contributed by atoms with Crippen LogP contribution in [0.5, 0.6) is 11.5 Å². The second kappa shape index (κ2) is 7.67. The molecule has 0 spiro atoms. The van der Waals surface area contributed by atoms with E-state index in [0.29, 0.717) is 11.3 Å². The number of halogens is 3. The summed E-state index contributed by atoms with van der Waals surface area (Å²) < 4.78 is 47.0. The lowest BCUT2D eigenvalue weighted by molar-refractivity contribution is -0.153. The average Bonchev–Trinajstić information content (AvgIpc) is 2.58. The van der Waals surface area contributed by atoms with Crippen molar-refractivity contribution >= 4 is 5.91 Å². The Morgan fingerprint density at radius 1 is 1.17 bits per heavy atom. The van der Waals surface area contributed by atoms with Crippen LogP contribution in [-0.4, -0.2) is 30.8 Å². The molecule has 0 saturated carbocycles. The molecule has 0 saturated heterocycles. The fourth-order valence-corrected chi connectivity index (χ4v) is 1.96. The number of pyridine rings is 1. The molecule has 1 N–H and O–H groups in total. The standard InChI is InChI=1S/C16H15F3N2O3/c1-23-13-6-4-7-14(24-10-16(17,18)19)11(13)9-21-15(22)12-5-2-3-8-20-12/h2-8H,9-10H2,1H3,(H,21,22). The monoisotopic (exact) mass is 340 g/mol. The van der Waals surface area contributed by atoms with Crippen molar-refractivity contribution in [1.82, 2.24) is 10.3 Å². The molecule has 0 aliphatic heterocycles. The largest absolute Gasteiger partial charge is 0.496 e. The third-order valence-corrected chi connectivity index (χ3v) is 3.02. The summed E-state index contributed by atoms with van der Waals surface area (Å²) in [6.45, 7) is -1.49. The summed E-state index contributed by atoms with van der Waals surface area (Å²) in [4.78, 5) is 15.9. The summed E-state index contributed by atoms with van der Waals surface area (Å²) in [6.07, 6.45) is -2.99. The van der Waals surface area contributed by atoms with Crippen molar-refractivity contribution in [2.45, 2.75) is 12.7 Å². The van der Waals surface area contributed by atoms with Gasteiger partial charge in [0, 0.05) is 6.20 Å². The van der Waals surface area contributed by atoms with Crippen molar-refractivity contribution in [2.24, 2.45) is 0 Å². The lowest BCUT2D eigenvalue weighted by Crippen LogP contribution is -2.25. The molecule has 128 valence electrons. The molecule has 2 rings (SSSR count). The Labute approximate surface area is 136 Å². The number of hydrogen-bond donors (Lipinski definition) is 1. The third kappa shape index (κ3) is 4.87. The topological polar surface area (TPSA) is 60.5 Å². The quantitative estimate of drug-likeness (QED) is 0.878. The first-order chi connectivity index (χ1) is 11.4. The van der Waals surface area contributed by atoms with Gasteiger partial charge in [0.25, 0.3) is 5.91 Å². The van der Waals surface area contributed by atoms with E-state index >= 15 is 0 Å². The smallest absolute Gasteiger partial charge is 0.422 e. The van der Waals surface area contributed by atoms with Crippen LogP contribution in [0.4, 0.5) is 13.2 Å². The number of alkyl halides is 3. The van der Waals surface area contributed by atoms with Crippen LogP contribution in [0.2, 0.25) is 0 Å². The molecule has 8 heteroatoms. The van der Waals surface area contributed by atoms with Gasteiger partial charge in [0.15, 0.2) is 6.61 Å². The zero-order valence-corrected chi connectivity index (χ0v) is 12.8. The van der Waals surface area contributed by atoms with Crippen molar-refractivity contribution in [3.63, 3.8) is 0 Å². The van der Waals surface area contributed by atoms with Gasteiger partial charge >= 0.3 is 6.18 Å². The van der Waals surface area contributed by atoms with Crippen molar-refractivity contribution < 1.29 is 27.4 Å². The maximum atomic E-state index is 12.4. The fourth-order valence-electron chi connectivity index (χ4n) is 1.96. The molecule has 0 bridgehead atoms. The Bertz CT molecular complexity index is 691. The van der Waals surface area contributed by atoms with Gasteiger partial charge in [0.1, 0.15) is 17.2 Å². The SMILES string of the molecule is COc1cccc(OCC(F)(F)F)c1CNC(=O)c1ccccn1. The van der Waals surface area contributed by atoms with Gasteiger partial charge in [-0.3, -0.25) is 9.78 Å². The molecule has 1 aromatic heterocycles. The Morgan fingerprint density at radius 2 is 1.92 bits per heavy atom. The second-order valence-electron chi connectivity index (χ2n) is 4.74. The van der Waals surface area contributed by atoms with Crippen molar-refractivity contribution in [3.8, 4) is 11.5 Å². The predicted molar refractivity (Wildman–Crippen MR) is 80.0 cm³/mol. The van der Waals surface area contributed by atoms with Crippen molar-refractivity contribution in [1.29, 1.82) is 0 Å². The van der Waals surface area contributed by atoms with Crippen LogP contribution in [0.1, 0.15) is 16.1 Å². The number of benzene rings is 1. The number of nitrogens with zero attached hydrogens (tertiary/aromatic N) is 1. The minimum absolute atomic E-state index is 0.00649. The highest BCUT2D eigenvalue weighted by atomic mass is 19.4. The minimum Gasteiger partial charge on any atom is -0.496 e. The molecule has 0 unspecified atom stereocenters. The number of nitrogens with one attached hydrogen (secondary N) is 1. The highest BCUT2D eigenvalue weighted by Crippen LogP contribution is 2.29. The fraction of sp³-hybridized carbons (Fsp3) is 0.250. The van der Waals surface area contributed by atoms with Crippen molar-refractivity contribution in [3.05, 3.63) is 53.9 Å². The first kappa shape index (κ1) is 17.6. The van der Waals surface area contributed by atoms with E-state index in [2.05, 4.69) is 10.3 Å². The molecule has 0 radical (unpaired) electrons. The number of hydrogen-bond acceptors (Lipinski definition) is 4. The molecular formula is C16H15F3N2O3. The first-order valence-corrected chi connectivity index (χ1v) is 6.95. The number of amides is 1. The molecular weight excluding hydrogens is 325 g/mol. The van der Waals surface area contributed by atoms with Crippen LogP contribution >= 0.6 is 0 Å². The summed E-state index contributed by atoms with van der Waals surface area (Å²) in [6, 6.07) is 9.31. The summed E-state index contributed by atoms with van der Waals surface area (Å²) in [5, 5.41) is 2.58. The van der Waals surface area contributed by atoms with Crippen LogP contribution in [0.15, 0.2) is 42.6 Å². The van der Waals surface area contributed by atoms with E-state index in [4.69, 9.17) is 9.47 Å². The van der Waals surface area contributed by atoms with Gasteiger partial charge in [-0.25, -0.2) is 0 Å². The molecule has 5 nitrogen and oxygen atoms in total. The molecule has 24 heavy (non-hydrogen) atoms. The van der Waals surface area contributed by atoms with Gasteiger partial charge in [-0.1, -0.05) is 12.1 Å². The lowest BCUT2D eigenvalue weighted by Gasteiger charge is -2.16. The average molecular weight is 340 g/mol. The summed E-state index contributed by atoms with van der Waals surface area (Å²) in [5.41, 5.74) is 0.513. The Hall–Kier alpha value is -2.77. The summed E-state index contributed by atoms with van der Waals surface area (Å²) >= 11 is 0.